The summed E-state index contributed by atoms with van der Waals surface area (Å²) in [4.78, 5) is 0. The number of nitrogens with one attached hydrogen (secondary N) is 2. The summed E-state index contributed by atoms with van der Waals surface area (Å²) in [5.41, 5.74) is 1.60. The molecule has 0 amide bonds. The van der Waals surface area contributed by atoms with Gasteiger partial charge in [-0.15, -0.1) is 0 Å². The Morgan fingerprint density at radius 3 is 2.50 bits per heavy atom. The maximum absolute atomic E-state index is 3.65. The van der Waals surface area contributed by atoms with Gasteiger partial charge in [0.1, 0.15) is 8.07 Å². The number of hydrogen-bond acceptors (Lipinski definition) is 2. The van der Waals surface area contributed by atoms with Crippen LogP contribution in [0, 0.1) is 0 Å². The van der Waals surface area contributed by atoms with Crippen LogP contribution in [0.3, 0.4) is 0 Å². The van der Waals surface area contributed by atoms with Crippen LogP contribution in [0.5, 0.6) is 0 Å². The fourth-order valence-corrected chi connectivity index (χ4v) is 9.14. The van der Waals surface area contributed by atoms with Gasteiger partial charge >= 0.3 is 0 Å². The molecule has 3 aliphatic heterocycles. The van der Waals surface area contributed by atoms with Crippen molar-refractivity contribution in [3.8, 4) is 0 Å². The Bertz CT molecular complexity index is 266. The van der Waals surface area contributed by atoms with Gasteiger partial charge in [-0.2, -0.15) is 0 Å². The summed E-state index contributed by atoms with van der Waals surface area (Å²) >= 11 is 0. The van der Waals surface area contributed by atoms with Gasteiger partial charge in [-0.1, -0.05) is 37.4 Å². The predicted molar refractivity (Wildman–Crippen MR) is 61.4 cm³/mol. The largest absolute Gasteiger partial charge is 0.373 e. The van der Waals surface area contributed by atoms with Crippen molar-refractivity contribution in [2.75, 3.05) is 6.67 Å². The summed E-state index contributed by atoms with van der Waals surface area (Å²) in [5, 5.41) is 8.92. The van der Waals surface area contributed by atoms with Crippen molar-refractivity contribution >= 4 is 8.07 Å². The molecule has 2 N–H and O–H groups in total. The molecule has 3 heteroatoms. The molecule has 1 spiro atoms. The van der Waals surface area contributed by atoms with E-state index in [2.05, 4.69) is 10.6 Å². The molecule has 0 atom stereocenters. The van der Waals surface area contributed by atoms with E-state index >= 15 is 0 Å². The lowest BCUT2D eigenvalue weighted by atomic mass is 10.2. The third-order valence-electron chi connectivity index (χ3n) is 4.29. The van der Waals surface area contributed by atoms with Gasteiger partial charge in [0.2, 0.25) is 0 Å². The van der Waals surface area contributed by atoms with Crippen LogP contribution in [0.2, 0.25) is 18.1 Å². The van der Waals surface area contributed by atoms with Crippen LogP contribution in [0.15, 0.2) is 11.0 Å². The first-order valence-corrected chi connectivity index (χ1v) is 8.74. The van der Waals surface area contributed by atoms with Crippen LogP contribution in [0.25, 0.3) is 0 Å². The summed E-state index contributed by atoms with van der Waals surface area (Å²) in [7, 11) is -0.994. The number of rotatable bonds is 0. The molecule has 3 heterocycles. The first-order chi connectivity index (χ1) is 6.91. The first-order valence-electron chi connectivity index (χ1n) is 6.12. The lowest BCUT2D eigenvalue weighted by molar-refractivity contribution is 0.688. The van der Waals surface area contributed by atoms with E-state index in [0.717, 1.165) is 6.67 Å². The molecule has 0 saturated carbocycles. The van der Waals surface area contributed by atoms with Crippen molar-refractivity contribution in [1.29, 1.82) is 0 Å². The molecule has 14 heavy (non-hydrogen) atoms. The normalized spacial score (nSPS) is 29.7. The highest BCUT2D eigenvalue weighted by atomic mass is 28.3. The van der Waals surface area contributed by atoms with Gasteiger partial charge in [-0.05, 0) is 12.8 Å². The van der Waals surface area contributed by atoms with Gasteiger partial charge in [0.15, 0.2) is 0 Å². The molecule has 2 nitrogen and oxygen atoms in total. The zero-order valence-electron chi connectivity index (χ0n) is 8.86. The van der Waals surface area contributed by atoms with Gasteiger partial charge in [0.25, 0.3) is 0 Å². The zero-order valence-corrected chi connectivity index (χ0v) is 9.86. The minimum Gasteiger partial charge on any atom is -0.373 e. The Labute approximate surface area is 87.2 Å². The van der Waals surface area contributed by atoms with E-state index in [1.54, 1.807) is 29.1 Å². The Balaban J connectivity index is 1.93. The van der Waals surface area contributed by atoms with Gasteiger partial charge in [0, 0.05) is 11.0 Å². The second kappa shape index (κ2) is 3.30. The monoisotopic (exact) mass is 208 g/mol. The number of allylic oxidation sites excluding steroid dienone is 1. The number of hydrogen-bond donors (Lipinski definition) is 2. The summed E-state index contributed by atoms with van der Waals surface area (Å²) in [6.45, 7) is 1.01. The summed E-state index contributed by atoms with van der Waals surface area (Å²) < 4.78 is 0. The highest BCUT2D eigenvalue weighted by molar-refractivity contribution is 6.86. The molecular weight excluding hydrogens is 188 g/mol. The van der Waals surface area contributed by atoms with Crippen LogP contribution >= 0.6 is 0 Å². The van der Waals surface area contributed by atoms with E-state index in [1.165, 1.54) is 32.1 Å². The third kappa shape index (κ3) is 1.22. The Kier molecular flexibility index (Phi) is 2.08. The average molecular weight is 208 g/mol. The van der Waals surface area contributed by atoms with E-state index in [9.17, 15) is 0 Å². The first kappa shape index (κ1) is 8.83. The van der Waals surface area contributed by atoms with Crippen LogP contribution < -0.4 is 10.6 Å². The third-order valence-corrected chi connectivity index (χ3v) is 9.76. The van der Waals surface area contributed by atoms with Crippen LogP contribution in [0.4, 0.5) is 0 Å². The molecule has 1 fully saturated rings. The maximum atomic E-state index is 3.65. The van der Waals surface area contributed by atoms with Crippen molar-refractivity contribution in [3.05, 3.63) is 11.0 Å². The fourth-order valence-electron chi connectivity index (χ4n) is 3.61. The molecule has 3 aliphatic rings. The van der Waals surface area contributed by atoms with Crippen LogP contribution in [-0.2, 0) is 0 Å². The smallest absolute Gasteiger partial charge is 0.109 e. The zero-order chi connectivity index (χ0) is 9.43. The molecule has 1 saturated heterocycles. The van der Waals surface area contributed by atoms with Gasteiger partial charge in [-0.25, -0.2) is 0 Å². The lowest BCUT2D eigenvalue weighted by Gasteiger charge is -2.39. The minimum absolute atomic E-state index is 0.994. The van der Waals surface area contributed by atoms with Crippen LogP contribution in [-0.4, -0.2) is 14.7 Å². The number of fused-ring (bicyclic) bond motifs is 1. The van der Waals surface area contributed by atoms with E-state index in [4.69, 9.17) is 0 Å². The standard InChI is InChI=1S/C11H20N2Si/c1-2-6-14(7-3-1)8-4-5-10-11(14)13-9-12-10/h12-13H,1-9H2. The molecule has 0 unspecified atom stereocenters. The molecule has 0 aromatic heterocycles. The quantitative estimate of drug-likeness (QED) is 0.597. The van der Waals surface area contributed by atoms with E-state index in [0.29, 0.717) is 0 Å². The Morgan fingerprint density at radius 1 is 0.857 bits per heavy atom. The van der Waals surface area contributed by atoms with E-state index < -0.39 is 8.07 Å². The molecule has 78 valence electrons. The van der Waals surface area contributed by atoms with E-state index in [1.807, 2.05) is 0 Å². The molecular formula is C11H20N2Si. The van der Waals surface area contributed by atoms with E-state index in [-0.39, 0.29) is 0 Å². The molecule has 3 rings (SSSR count). The Hall–Kier alpha value is -0.443. The second-order valence-electron chi connectivity index (χ2n) is 5.08. The molecule has 0 aromatic rings. The van der Waals surface area contributed by atoms with Crippen molar-refractivity contribution in [3.63, 3.8) is 0 Å². The van der Waals surface area contributed by atoms with Crippen molar-refractivity contribution < 1.29 is 0 Å². The minimum atomic E-state index is -0.994. The van der Waals surface area contributed by atoms with Crippen LogP contribution in [0.1, 0.15) is 32.1 Å². The second-order valence-corrected chi connectivity index (χ2v) is 9.64. The van der Waals surface area contributed by atoms with Gasteiger partial charge in [0.05, 0.1) is 6.67 Å². The maximum Gasteiger partial charge on any atom is 0.109 e. The Morgan fingerprint density at radius 2 is 1.64 bits per heavy atom. The van der Waals surface area contributed by atoms with Gasteiger partial charge < -0.3 is 10.6 Å². The topological polar surface area (TPSA) is 24.1 Å². The van der Waals surface area contributed by atoms with Crippen molar-refractivity contribution in [2.45, 2.75) is 50.2 Å². The highest BCUT2D eigenvalue weighted by Gasteiger charge is 2.43. The SMILES string of the molecule is C1CC[Si]2(CC1)CCCC1=C2NCN1. The summed E-state index contributed by atoms with van der Waals surface area (Å²) in [6, 6.07) is 4.71. The molecule has 0 aliphatic carbocycles. The fraction of sp³-hybridized carbons (Fsp3) is 0.818. The molecule has 0 radical (unpaired) electrons. The van der Waals surface area contributed by atoms with Crippen molar-refractivity contribution in [2.24, 2.45) is 0 Å². The van der Waals surface area contributed by atoms with Crippen molar-refractivity contribution in [1.82, 2.24) is 10.6 Å². The summed E-state index contributed by atoms with van der Waals surface area (Å²) in [6.07, 6.45) is 7.27. The molecule has 0 bridgehead atoms. The summed E-state index contributed by atoms with van der Waals surface area (Å²) in [5.74, 6) is 0. The van der Waals surface area contributed by atoms with Gasteiger partial charge in [-0.3, -0.25) is 0 Å². The highest BCUT2D eigenvalue weighted by Crippen LogP contribution is 2.42. The molecule has 0 aromatic carbocycles. The predicted octanol–water partition coefficient (Wildman–Crippen LogP) is 2.31. The average Bonchev–Trinajstić information content (AvgIpc) is 2.69. The lowest BCUT2D eigenvalue weighted by Crippen LogP contribution is -2.45.